The zero-order valence-corrected chi connectivity index (χ0v) is 14.6. The number of hydrogen-bond acceptors (Lipinski definition) is 6. The van der Waals surface area contributed by atoms with Crippen molar-refractivity contribution in [1.82, 2.24) is 0 Å². The fourth-order valence-electron chi connectivity index (χ4n) is 3.37. The van der Waals surface area contributed by atoms with E-state index in [1.54, 1.807) is 19.1 Å². The molecule has 0 bridgehead atoms. The van der Waals surface area contributed by atoms with E-state index in [0.717, 1.165) is 11.3 Å². The second kappa shape index (κ2) is 6.42. The first-order valence-corrected chi connectivity index (χ1v) is 8.34. The van der Waals surface area contributed by atoms with Gasteiger partial charge in [-0.3, -0.25) is 4.79 Å². The Kier molecular flexibility index (Phi) is 4.08. The number of ether oxygens (including phenoxy) is 4. The van der Waals surface area contributed by atoms with Crippen LogP contribution in [0.15, 0.2) is 36.4 Å². The van der Waals surface area contributed by atoms with Gasteiger partial charge in [0.1, 0.15) is 19.3 Å². The third-order valence-electron chi connectivity index (χ3n) is 4.69. The highest BCUT2D eigenvalue weighted by Gasteiger charge is 2.47. The van der Waals surface area contributed by atoms with E-state index in [0.29, 0.717) is 36.2 Å². The number of nitrogens with zero attached hydrogens (tertiary/aromatic N) is 1. The van der Waals surface area contributed by atoms with Crippen LogP contribution in [-0.2, 0) is 4.79 Å². The zero-order chi connectivity index (χ0) is 18.3. The van der Waals surface area contributed by atoms with Gasteiger partial charge in [-0.15, -0.1) is 0 Å². The lowest BCUT2D eigenvalue weighted by atomic mass is 9.88. The molecule has 2 atom stereocenters. The summed E-state index contributed by atoms with van der Waals surface area (Å²) in [4.78, 5) is 14.1. The SMILES string of the molecule is COc1ccc([C@H]2[C@H](N)C(=O)N2c2ccc3c(c2)OCCO3)cc1OC. The molecule has 2 heterocycles. The van der Waals surface area contributed by atoms with Crippen LogP contribution in [0.3, 0.4) is 0 Å². The monoisotopic (exact) mass is 356 g/mol. The van der Waals surface area contributed by atoms with E-state index in [2.05, 4.69) is 0 Å². The highest BCUT2D eigenvalue weighted by atomic mass is 16.6. The lowest BCUT2D eigenvalue weighted by molar-refractivity contribution is -0.126. The van der Waals surface area contributed by atoms with Gasteiger partial charge in [0.2, 0.25) is 5.91 Å². The molecule has 0 spiro atoms. The van der Waals surface area contributed by atoms with Gasteiger partial charge in [0.05, 0.1) is 20.3 Å². The Morgan fingerprint density at radius 3 is 2.46 bits per heavy atom. The van der Waals surface area contributed by atoms with Gasteiger partial charge >= 0.3 is 0 Å². The number of carbonyl (C=O) groups is 1. The first-order chi connectivity index (χ1) is 12.6. The van der Waals surface area contributed by atoms with Crippen LogP contribution in [0, 0.1) is 0 Å². The Bertz CT molecular complexity index is 854. The molecule has 0 aliphatic carbocycles. The van der Waals surface area contributed by atoms with Crippen LogP contribution in [0.5, 0.6) is 23.0 Å². The Morgan fingerprint density at radius 1 is 1.00 bits per heavy atom. The van der Waals surface area contributed by atoms with E-state index in [4.69, 9.17) is 24.7 Å². The molecule has 0 aromatic heterocycles. The molecule has 7 nitrogen and oxygen atoms in total. The first kappa shape index (κ1) is 16.5. The highest BCUT2D eigenvalue weighted by molar-refractivity contribution is 6.05. The number of carbonyl (C=O) groups excluding carboxylic acids is 1. The lowest BCUT2D eigenvalue weighted by Gasteiger charge is -2.45. The van der Waals surface area contributed by atoms with Crippen molar-refractivity contribution in [2.45, 2.75) is 12.1 Å². The van der Waals surface area contributed by atoms with Gasteiger partial charge in [0.15, 0.2) is 23.0 Å². The third-order valence-corrected chi connectivity index (χ3v) is 4.69. The topological polar surface area (TPSA) is 83.3 Å². The largest absolute Gasteiger partial charge is 0.493 e. The molecule has 2 N–H and O–H groups in total. The van der Waals surface area contributed by atoms with Gasteiger partial charge in [0, 0.05) is 11.8 Å². The smallest absolute Gasteiger partial charge is 0.247 e. The molecule has 0 unspecified atom stereocenters. The summed E-state index contributed by atoms with van der Waals surface area (Å²) >= 11 is 0. The molecule has 4 rings (SSSR count). The van der Waals surface area contributed by atoms with E-state index in [1.165, 1.54) is 0 Å². The molecule has 2 aromatic rings. The van der Waals surface area contributed by atoms with Crippen LogP contribution in [0.1, 0.15) is 11.6 Å². The zero-order valence-electron chi connectivity index (χ0n) is 14.6. The average molecular weight is 356 g/mol. The van der Waals surface area contributed by atoms with Gasteiger partial charge in [-0.25, -0.2) is 0 Å². The van der Waals surface area contributed by atoms with E-state index in [1.807, 2.05) is 36.4 Å². The molecule has 0 saturated carbocycles. The van der Waals surface area contributed by atoms with Crippen LogP contribution in [-0.4, -0.2) is 39.4 Å². The van der Waals surface area contributed by atoms with Crippen molar-refractivity contribution in [1.29, 1.82) is 0 Å². The first-order valence-electron chi connectivity index (χ1n) is 8.34. The lowest BCUT2D eigenvalue weighted by Crippen LogP contribution is -2.63. The van der Waals surface area contributed by atoms with Gasteiger partial charge in [-0.2, -0.15) is 0 Å². The molecule has 1 fully saturated rings. The maximum Gasteiger partial charge on any atom is 0.247 e. The Hall–Kier alpha value is -2.93. The number of benzene rings is 2. The quantitative estimate of drug-likeness (QED) is 0.843. The third kappa shape index (κ3) is 2.52. The van der Waals surface area contributed by atoms with Crippen molar-refractivity contribution >= 4 is 11.6 Å². The number of amides is 1. The molecule has 1 amide bonds. The second-order valence-electron chi connectivity index (χ2n) is 6.12. The average Bonchev–Trinajstić information content (AvgIpc) is 2.70. The Balaban J connectivity index is 1.69. The van der Waals surface area contributed by atoms with Gasteiger partial charge in [0.25, 0.3) is 0 Å². The number of anilines is 1. The van der Waals surface area contributed by atoms with Gasteiger partial charge in [-0.1, -0.05) is 6.07 Å². The number of fused-ring (bicyclic) bond motifs is 1. The maximum atomic E-state index is 12.5. The summed E-state index contributed by atoms with van der Waals surface area (Å²) in [6.45, 7) is 1.01. The van der Waals surface area contributed by atoms with Crippen molar-refractivity contribution in [2.24, 2.45) is 5.73 Å². The molecule has 2 aliphatic heterocycles. The van der Waals surface area contributed by atoms with Crippen molar-refractivity contribution in [3.8, 4) is 23.0 Å². The molecular weight excluding hydrogens is 336 g/mol. The molecule has 26 heavy (non-hydrogen) atoms. The number of nitrogens with two attached hydrogens (primary N) is 1. The van der Waals surface area contributed by atoms with Crippen molar-refractivity contribution in [3.05, 3.63) is 42.0 Å². The van der Waals surface area contributed by atoms with Crippen LogP contribution in [0.2, 0.25) is 0 Å². The van der Waals surface area contributed by atoms with E-state index in [9.17, 15) is 4.79 Å². The maximum absolute atomic E-state index is 12.5. The van der Waals surface area contributed by atoms with Crippen molar-refractivity contribution in [2.75, 3.05) is 32.3 Å². The number of hydrogen-bond donors (Lipinski definition) is 1. The molecule has 1 saturated heterocycles. The minimum atomic E-state index is -0.610. The number of methoxy groups -OCH3 is 2. The van der Waals surface area contributed by atoms with Crippen LogP contribution in [0.4, 0.5) is 5.69 Å². The van der Waals surface area contributed by atoms with E-state index < -0.39 is 6.04 Å². The summed E-state index contributed by atoms with van der Waals surface area (Å²) in [5.74, 6) is 2.40. The molecular formula is C19H20N2O5. The normalized spacial score (nSPS) is 21.2. The van der Waals surface area contributed by atoms with Gasteiger partial charge in [-0.05, 0) is 29.8 Å². The van der Waals surface area contributed by atoms with Crippen LogP contribution in [0.25, 0.3) is 0 Å². The summed E-state index contributed by atoms with van der Waals surface area (Å²) in [7, 11) is 3.16. The minimum Gasteiger partial charge on any atom is -0.493 e. The number of β-lactam (4-membered cyclic amide) rings is 1. The second-order valence-corrected chi connectivity index (χ2v) is 6.12. The molecule has 0 radical (unpaired) electrons. The molecule has 2 aliphatic rings. The summed E-state index contributed by atoms with van der Waals surface area (Å²) in [6.07, 6.45) is 0. The van der Waals surface area contributed by atoms with Crippen LogP contribution >= 0.6 is 0 Å². The fraction of sp³-hybridized carbons (Fsp3) is 0.316. The predicted molar refractivity (Wildman–Crippen MR) is 95.2 cm³/mol. The summed E-state index contributed by atoms with van der Waals surface area (Å²) in [5, 5.41) is 0. The van der Waals surface area contributed by atoms with E-state index >= 15 is 0 Å². The molecule has 7 heteroatoms. The summed E-state index contributed by atoms with van der Waals surface area (Å²) < 4.78 is 21.8. The standard InChI is InChI=1S/C19H20N2O5/c1-23-13-5-3-11(9-15(13)24-2)18-17(20)19(22)21(18)12-4-6-14-16(10-12)26-8-7-25-14/h3-6,9-10,17-18H,7-8,20H2,1-2H3/t17-,18-/m0/s1. The van der Waals surface area contributed by atoms with Crippen LogP contribution < -0.4 is 29.6 Å². The Morgan fingerprint density at radius 2 is 1.73 bits per heavy atom. The predicted octanol–water partition coefficient (Wildman–Crippen LogP) is 1.89. The summed E-state index contributed by atoms with van der Waals surface area (Å²) in [6, 6.07) is 10.1. The van der Waals surface area contributed by atoms with Crippen molar-refractivity contribution in [3.63, 3.8) is 0 Å². The number of rotatable bonds is 4. The molecule has 2 aromatic carbocycles. The van der Waals surface area contributed by atoms with Gasteiger partial charge < -0.3 is 29.6 Å². The molecule has 136 valence electrons. The highest BCUT2D eigenvalue weighted by Crippen LogP contribution is 2.43. The Labute approximate surface area is 151 Å². The fourth-order valence-corrected chi connectivity index (χ4v) is 3.37. The minimum absolute atomic E-state index is 0.138. The van der Waals surface area contributed by atoms with E-state index in [-0.39, 0.29) is 11.9 Å². The van der Waals surface area contributed by atoms with Crippen molar-refractivity contribution < 1.29 is 23.7 Å². The summed E-state index contributed by atoms with van der Waals surface area (Å²) in [5.41, 5.74) is 7.71.